The van der Waals surface area contributed by atoms with E-state index in [1.807, 2.05) is 0 Å². The number of rotatable bonds is 3. The molecule has 0 bridgehead atoms. The van der Waals surface area contributed by atoms with Crippen molar-refractivity contribution < 1.29 is 5.11 Å². The first kappa shape index (κ1) is 14.2. The second-order valence-corrected chi connectivity index (χ2v) is 7.60. The quantitative estimate of drug-likeness (QED) is 0.796. The van der Waals surface area contributed by atoms with Crippen molar-refractivity contribution in [1.29, 1.82) is 0 Å². The zero-order valence-electron chi connectivity index (χ0n) is 12.2. The molecule has 5 nitrogen and oxygen atoms in total. The van der Waals surface area contributed by atoms with Gasteiger partial charge in [-0.3, -0.25) is 4.90 Å². The van der Waals surface area contributed by atoms with Crippen LogP contribution in [0.2, 0.25) is 0 Å². The number of nitrogens with zero attached hydrogens (tertiary/aromatic N) is 4. The number of aromatic hydroxyl groups is 1. The molecule has 1 fully saturated rings. The fourth-order valence-electron chi connectivity index (χ4n) is 3.15. The molecule has 4 rings (SSSR count). The van der Waals surface area contributed by atoms with E-state index in [1.54, 1.807) is 27.2 Å². The second-order valence-electron chi connectivity index (χ2n) is 5.61. The van der Waals surface area contributed by atoms with Crippen LogP contribution >= 0.6 is 22.7 Å². The summed E-state index contributed by atoms with van der Waals surface area (Å²) < 4.78 is 1.54. The van der Waals surface area contributed by atoms with Gasteiger partial charge in [-0.1, -0.05) is 30.2 Å². The van der Waals surface area contributed by atoms with Gasteiger partial charge in [0, 0.05) is 4.88 Å². The molecule has 0 saturated carbocycles. The van der Waals surface area contributed by atoms with Crippen LogP contribution in [-0.4, -0.2) is 37.7 Å². The monoisotopic (exact) mass is 334 g/mol. The predicted molar refractivity (Wildman–Crippen MR) is 88.7 cm³/mol. The van der Waals surface area contributed by atoms with E-state index in [0.717, 1.165) is 22.9 Å². The van der Waals surface area contributed by atoms with Crippen molar-refractivity contribution >= 4 is 27.6 Å². The van der Waals surface area contributed by atoms with Crippen molar-refractivity contribution in [3.05, 3.63) is 33.6 Å². The average molecular weight is 334 g/mol. The summed E-state index contributed by atoms with van der Waals surface area (Å²) in [5.74, 6) is 0.236. The minimum atomic E-state index is 0.117. The first-order valence-corrected chi connectivity index (χ1v) is 9.33. The molecule has 1 unspecified atom stereocenters. The maximum Gasteiger partial charge on any atom is 0.230 e. The highest BCUT2D eigenvalue weighted by Gasteiger charge is 2.30. The molecule has 0 aliphatic carbocycles. The smallest absolute Gasteiger partial charge is 0.230 e. The minimum absolute atomic E-state index is 0.117. The van der Waals surface area contributed by atoms with Crippen LogP contribution in [0.5, 0.6) is 5.88 Å². The molecule has 0 amide bonds. The molecule has 3 aromatic heterocycles. The van der Waals surface area contributed by atoms with E-state index < -0.39 is 0 Å². The molecule has 7 heteroatoms. The lowest BCUT2D eigenvalue weighted by Crippen LogP contribution is -2.29. The average Bonchev–Trinajstić information content (AvgIpc) is 3.19. The third-order valence-corrected chi connectivity index (χ3v) is 6.22. The Balaban J connectivity index is 1.79. The molecular weight excluding hydrogens is 316 g/mol. The Kier molecular flexibility index (Phi) is 3.85. The molecule has 1 saturated heterocycles. The largest absolute Gasteiger partial charge is 0.492 e. The molecule has 3 aromatic rings. The topological polar surface area (TPSA) is 53.7 Å². The van der Waals surface area contributed by atoms with Gasteiger partial charge in [-0.15, -0.1) is 11.3 Å². The van der Waals surface area contributed by atoms with Crippen molar-refractivity contribution in [1.82, 2.24) is 19.5 Å². The lowest BCUT2D eigenvalue weighted by atomic mass is 10.1. The standard InChI is InChI=1S/C15H18N4OS2/c20-14-13(22-15-16-10-17-19(14)15)12(11-6-5-9-21-11)18-7-3-1-2-4-8-18/h5-6,9-10,12,20H,1-4,7-8H2. The van der Waals surface area contributed by atoms with Gasteiger partial charge in [0.1, 0.15) is 6.33 Å². The van der Waals surface area contributed by atoms with Crippen molar-refractivity contribution in [2.45, 2.75) is 31.7 Å². The van der Waals surface area contributed by atoms with Crippen LogP contribution < -0.4 is 0 Å². The molecule has 116 valence electrons. The Morgan fingerprint density at radius 3 is 2.68 bits per heavy atom. The highest BCUT2D eigenvalue weighted by Crippen LogP contribution is 2.41. The maximum absolute atomic E-state index is 10.6. The van der Waals surface area contributed by atoms with E-state index in [2.05, 4.69) is 32.5 Å². The highest BCUT2D eigenvalue weighted by atomic mass is 32.1. The molecule has 1 atom stereocenters. The van der Waals surface area contributed by atoms with Gasteiger partial charge in [-0.2, -0.15) is 9.61 Å². The van der Waals surface area contributed by atoms with Crippen LogP contribution in [0.3, 0.4) is 0 Å². The van der Waals surface area contributed by atoms with Gasteiger partial charge < -0.3 is 5.11 Å². The van der Waals surface area contributed by atoms with Gasteiger partial charge in [-0.25, -0.2) is 4.98 Å². The Labute approximate surface area is 136 Å². The lowest BCUT2D eigenvalue weighted by Gasteiger charge is -2.29. The fraction of sp³-hybridized carbons (Fsp3) is 0.467. The molecule has 1 aliphatic heterocycles. The number of aromatic nitrogens is 3. The maximum atomic E-state index is 10.6. The van der Waals surface area contributed by atoms with E-state index in [4.69, 9.17) is 0 Å². The van der Waals surface area contributed by atoms with Crippen molar-refractivity contribution in [3.8, 4) is 5.88 Å². The van der Waals surface area contributed by atoms with Crippen molar-refractivity contribution in [2.75, 3.05) is 13.1 Å². The Bertz CT molecular complexity index is 741. The van der Waals surface area contributed by atoms with Crippen LogP contribution in [0.25, 0.3) is 4.96 Å². The number of thiophene rings is 1. The molecule has 4 heterocycles. The summed E-state index contributed by atoms with van der Waals surface area (Å²) in [6, 6.07) is 4.36. The normalized spacial score (nSPS) is 18.5. The molecule has 0 aromatic carbocycles. The third kappa shape index (κ3) is 2.43. The SMILES string of the molecule is Oc1c(C(c2cccs2)N2CCCCCC2)sc2ncnn12. The molecule has 0 radical (unpaired) electrons. The predicted octanol–water partition coefficient (Wildman–Crippen LogP) is 3.52. The van der Waals surface area contributed by atoms with Gasteiger partial charge in [0.05, 0.1) is 10.9 Å². The fourth-order valence-corrected chi connectivity index (χ4v) is 5.17. The van der Waals surface area contributed by atoms with Crippen LogP contribution in [0, 0.1) is 0 Å². The summed E-state index contributed by atoms with van der Waals surface area (Å²) in [5, 5.41) is 16.8. The summed E-state index contributed by atoms with van der Waals surface area (Å²) in [7, 11) is 0. The molecule has 1 N–H and O–H groups in total. The Hall–Kier alpha value is -1.44. The Morgan fingerprint density at radius 2 is 2.00 bits per heavy atom. The van der Waals surface area contributed by atoms with Crippen LogP contribution in [0.1, 0.15) is 41.5 Å². The van der Waals surface area contributed by atoms with Crippen LogP contribution in [0.15, 0.2) is 23.8 Å². The number of hydrogen-bond donors (Lipinski definition) is 1. The zero-order chi connectivity index (χ0) is 14.9. The summed E-state index contributed by atoms with van der Waals surface area (Å²) >= 11 is 3.29. The van der Waals surface area contributed by atoms with Gasteiger partial charge in [0.2, 0.25) is 10.8 Å². The minimum Gasteiger partial charge on any atom is -0.492 e. The van der Waals surface area contributed by atoms with Gasteiger partial charge in [0.25, 0.3) is 0 Å². The van der Waals surface area contributed by atoms with Crippen LogP contribution in [-0.2, 0) is 0 Å². The Morgan fingerprint density at radius 1 is 1.18 bits per heavy atom. The van der Waals surface area contributed by atoms with Crippen LogP contribution in [0.4, 0.5) is 0 Å². The third-order valence-electron chi connectivity index (χ3n) is 4.21. The van der Waals surface area contributed by atoms with Gasteiger partial charge >= 0.3 is 0 Å². The number of fused-ring (bicyclic) bond motifs is 1. The molecule has 0 spiro atoms. The summed E-state index contributed by atoms with van der Waals surface area (Å²) in [6.07, 6.45) is 6.54. The number of likely N-dealkylation sites (tertiary alicyclic amines) is 1. The van der Waals surface area contributed by atoms with E-state index in [1.165, 1.54) is 36.9 Å². The van der Waals surface area contributed by atoms with Gasteiger partial charge in [-0.05, 0) is 37.4 Å². The molecule has 22 heavy (non-hydrogen) atoms. The first-order chi connectivity index (χ1) is 10.8. The number of thiazole rings is 1. The van der Waals surface area contributed by atoms with Crippen molar-refractivity contribution in [2.24, 2.45) is 0 Å². The first-order valence-electron chi connectivity index (χ1n) is 7.63. The van der Waals surface area contributed by atoms with Crippen molar-refractivity contribution in [3.63, 3.8) is 0 Å². The van der Waals surface area contributed by atoms with E-state index in [-0.39, 0.29) is 11.9 Å². The summed E-state index contributed by atoms with van der Waals surface area (Å²) in [4.78, 5) is 9.72. The second kappa shape index (κ2) is 5.98. The lowest BCUT2D eigenvalue weighted by molar-refractivity contribution is 0.235. The van der Waals surface area contributed by atoms with E-state index >= 15 is 0 Å². The molecule has 1 aliphatic rings. The van der Waals surface area contributed by atoms with E-state index in [0.29, 0.717) is 0 Å². The van der Waals surface area contributed by atoms with E-state index in [9.17, 15) is 5.11 Å². The summed E-state index contributed by atoms with van der Waals surface area (Å²) in [5.41, 5.74) is 0. The number of hydrogen-bond acceptors (Lipinski definition) is 6. The highest BCUT2D eigenvalue weighted by molar-refractivity contribution is 7.17. The summed E-state index contributed by atoms with van der Waals surface area (Å²) in [6.45, 7) is 2.16. The van der Waals surface area contributed by atoms with Gasteiger partial charge in [0.15, 0.2) is 0 Å². The molecular formula is C15H18N4OS2. The zero-order valence-corrected chi connectivity index (χ0v) is 13.8.